The van der Waals surface area contributed by atoms with Crippen molar-refractivity contribution < 1.29 is 30.7 Å². The van der Waals surface area contributed by atoms with E-state index in [0.717, 1.165) is 37.6 Å². The van der Waals surface area contributed by atoms with Crippen molar-refractivity contribution in [2.24, 2.45) is 0 Å². The summed E-state index contributed by atoms with van der Waals surface area (Å²) in [5.74, 6) is 2.00. The Balaban J connectivity index is 1.61. The van der Waals surface area contributed by atoms with Gasteiger partial charge in [-0.1, -0.05) is 13.8 Å². The van der Waals surface area contributed by atoms with Gasteiger partial charge in [0.05, 0.1) is 0 Å². The fraction of sp³-hybridized carbons (Fsp3) is 0.571. The van der Waals surface area contributed by atoms with Gasteiger partial charge in [0, 0.05) is 0 Å². The molecule has 0 aliphatic heterocycles. The van der Waals surface area contributed by atoms with Crippen molar-refractivity contribution in [1.82, 2.24) is 0 Å². The molecule has 2 aromatic carbocycles. The summed E-state index contributed by atoms with van der Waals surface area (Å²) in [7, 11) is 0. The van der Waals surface area contributed by atoms with Gasteiger partial charge in [-0.05, 0) is 0 Å². The molecule has 0 spiro atoms. The Morgan fingerprint density at radius 1 is 0.484 bits per heavy atom. The first-order valence-electron chi connectivity index (χ1n) is 12.4. The first-order valence-corrected chi connectivity index (χ1v) is 14.6. The molecule has 0 N–H and O–H groups in total. The van der Waals surface area contributed by atoms with Crippen LogP contribution in [0.2, 0.25) is 0 Å². The van der Waals surface area contributed by atoms with Crippen LogP contribution in [0.3, 0.4) is 0 Å². The molecule has 0 unspecified atom stereocenters. The molecule has 0 radical (unpaired) electrons. The molecule has 2 aromatic rings. The van der Waals surface area contributed by atoms with Crippen LogP contribution in [0.15, 0.2) is 48.5 Å². The van der Waals surface area contributed by atoms with Gasteiger partial charge in [-0.3, -0.25) is 0 Å². The van der Waals surface area contributed by atoms with E-state index in [-0.39, 0.29) is 21.2 Å². The van der Waals surface area contributed by atoms with Gasteiger partial charge in [0.25, 0.3) is 0 Å². The molecule has 0 saturated heterocycles. The van der Waals surface area contributed by atoms with E-state index in [1.54, 1.807) is 0 Å². The molecule has 0 aliphatic rings. The number of hydrogen-bond acceptors (Lipinski definition) is 2. The number of ether oxygens (including phenoxy) is 2. The van der Waals surface area contributed by atoms with Crippen molar-refractivity contribution >= 4 is 0 Å². The Labute approximate surface area is 201 Å². The molecule has 2 nitrogen and oxygen atoms in total. The van der Waals surface area contributed by atoms with Gasteiger partial charge in [0.1, 0.15) is 0 Å². The van der Waals surface area contributed by atoms with Crippen molar-refractivity contribution in [2.75, 3.05) is 13.2 Å². The number of benzene rings is 2. The minimum absolute atomic E-state index is 0.160. The molecular formula is C28H42IO2-. The second kappa shape index (κ2) is 17.3. The summed E-state index contributed by atoms with van der Waals surface area (Å²) in [6.07, 6.45) is 15.6. The molecule has 0 aromatic heterocycles. The van der Waals surface area contributed by atoms with E-state index in [0.29, 0.717) is 0 Å². The number of halogens is 1. The van der Waals surface area contributed by atoms with Crippen LogP contribution in [0.1, 0.15) is 90.9 Å². The summed E-state index contributed by atoms with van der Waals surface area (Å²) in [5.41, 5.74) is 0. The van der Waals surface area contributed by atoms with Gasteiger partial charge >= 0.3 is 188 Å². The third-order valence-corrected chi connectivity index (χ3v) is 8.06. The second-order valence-electron chi connectivity index (χ2n) is 8.23. The van der Waals surface area contributed by atoms with E-state index in [1.807, 2.05) is 0 Å². The maximum atomic E-state index is 5.90. The second-order valence-corrected chi connectivity index (χ2v) is 11.3. The average molecular weight is 538 g/mol. The Kier molecular flexibility index (Phi) is 14.6. The van der Waals surface area contributed by atoms with Crippen molar-refractivity contribution in [2.45, 2.75) is 90.9 Å². The number of hydrogen-bond donors (Lipinski definition) is 0. The summed E-state index contributed by atoms with van der Waals surface area (Å²) >= 11 is -0.160. The summed E-state index contributed by atoms with van der Waals surface area (Å²) in [6.45, 7) is 6.19. The molecule has 3 heteroatoms. The first-order chi connectivity index (χ1) is 15.3. The van der Waals surface area contributed by atoms with Crippen LogP contribution < -0.4 is 30.7 Å². The molecule has 31 heavy (non-hydrogen) atoms. The topological polar surface area (TPSA) is 18.5 Å². The Bertz CT molecular complexity index is 607. The fourth-order valence-electron chi connectivity index (χ4n) is 3.46. The Morgan fingerprint density at radius 2 is 0.839 bits per heavy atom. The molecule has 0 saturated carbocycles. The van der Waals surface area contributed by atoms with Gasteiger partial charge in [0.15, 0.2) is 0 Å². The van der Waals surface area contributed by atoms with Gasteiger partial charge < -0.3 is 0 Å². The number of rotatable bonds is 18. The predicted molar refractivity (Wildman–Crippen MR) is 128 cm³/mol. The average Bonchev–Trinajstić information content (AvgIpc) is 2.80. The predicted octanol–water partition coefficient (Wildman–Crippen LogP) is 5.29. The van der Waals surface area contributed by atoms with Crippen LogP contribution in [-0.4, -0.2) is 13.2 Å². The van der Waals surface area contributed by atoms with Crippen molar-refractivity contribution in [3.05, 3.63) is 55.7 Å². The molecule has 0 heterocycles. The van der Waals surface area contributed by atoms with Gasteiger partial charge in [-0.25, -0.2) is 0 Å². The zero-order valence-corrected chi connectivity index (χ0v) is 21.9. The molecule has 0 fully saturated rings. The summed E-state index contributed by atoms with van der Waals surface area (Å²) in [4.78, 5) is 0. The summed E-state index contributed by atoms with van der Waals surface area (Å²) < 4.78 is 14.7. The van der Waals surface area contributed by atoms with Gasteiger partial charge in [-0.15, -0.1) is 0 Å². The molecule has 0 aliphatic carbocycles. The van der Waals surface area contributed by atoms with Crippen molar-refractivity contribution in [3.8, 4) is 11.5 Å². The van der Waals surface area contributed by atoms with Crippen molar-refractivity contribution in [3.63, 3.8) is 0 Å². The van der Waals surface area contributed by atoms with Crippen LogP contribution in [0.5, 0.6) is 11.5 Å². The van der Waals surface area contributed by atoms with Crippen LogP contribution >= 0.6 is 0 Å². The zero-order chi connectivity index (χ0) is 22.0. The summed E-state index contributed by atoms with van der Waals surface area (Å²) in [6, 6.07) is 17.4. The molecule has 0 amide bonds. The molecule has 0 bridgehead atoms. The van der Waals surface area contributed by atoms with Crippen LogP contribution in [0, 0.1) is 7.14 Å². The molecule has 2 rings (SSSR count). The van der Waals surface area contributed by atoms with Crippen LogP contribution in [-0.2, 0) is 0 Å². The fourth-order valence-corrected chi connectivity index (χ4v) is 5.62. The number of unbranched alkanes of at least 4 members (excludes halogenated alkanes) is 10. The SMILES string of the molecule is CCCCCCCCOc1ccc([I-]c2ccc(OCCCCCCCC)cc2)cc1. The molecular weight excluding hydrogens is 495 g/mol. The minimum atomic E-state index is -0.160. The van der Waals surface area contributed by atoms with E-state index in [1.165, 1.54) is 71.3 Å². The summed E-state index contributed by atoms with van der Waals surface area (Å²) in [5, 5.41) is 0. The normalized spacial score (nSPS) is 11.0. The standard InChI is InChI=1S/C28H42IO2/c1-3-5-7-9-11-13-23-30-27-19-15-25(16-20-27)29-26-17-21-28(22-18-26)31-24-14-12-10-8-6-4-2/h15-22H,3-14,23-24H2,1-2H3/q-1. The van der Waals surface area contributed by atoms with Gasteiger partial charge in [0.2, 0.25) is 0 Å². The third kappa shape index (κ3) is 12.4. The van der Waals surface area contributed by atoms with Crippen LogP contribution in [0.25, 0.3) is 0 Å². The van der Waals surface area contributed by atoms with E-state index in [2.05, 4.69) is 62.4 Å². The quantitative estimate of drug-likeness (QED) is 0.190. The molecule has 174 valence electrons. The van der Waals surface area contributed by atoms with E-state index >= 15 is 0 Å². The first kappa shape index (κ1) is 26.0. The third-order valence-electron chi connectivity index (χ3n) is 5.38. The van der Waals surface area contributed by atoms with Gasteiger partial charge in [-0.2, -0.15) is 0 Å². The Hall–Kier alpha value is -1.23. The van der Waals surface area contributed by atoms with Crippen molar-refractivity contribution in [1.29, 1.82) is 0 Å². The van der Waals surface area contributed by atoms with E-state index < -0.39 is 0 Å². The zero-order valence-electron chi connectivity index (χ0n) is 19.7. The van der Waals surface area contributed by atoms with Crippen LogP contribution in [0.4, 0.5) is 0 Å². The monoisotopic (exact) mass is 537 g/mol. The maximum absolute atomic E-state index is 5.90. The van der Waals surface area contributed by atoms with E-state index in [9.17, 15) is 0 Å². The Morgan fingerprint density at radius 3 is 1.23 bits per heavy atom. The molecule has 0 atom stereocenters. The van der Waals surface area contributed by atoms with E-state index in [4.69, 9.17) is 9.47 Å².